The van der Waals surface area contributed by atoms with E-state index < -0.39 is 15.8 Å². The number of sulfonamides is 1. The molecule has 1 amide bonds. The number of nitrogens with zero attached hydrogens (tertiary/aromatic N) is 1. The SMILES string of the molecule is Cc1ccc(CNC(=O)C2=CCN(S(=O)(=O)c3ccc(F)cc3)CC2)cc1. The van der Waals surface area contributed by atoms with Crippen LogP contribution in [0.5, 0.6) is 0 Å². The molecule has 0 saturated heterocycles. The fourth-order valence-electron chi connectivity index (χ4n) is 2.83. The van der Waals surface area contributed by atoms with Crippen molar-refractivity contribution in [1.82, 2.24) is 9.62 Å². The minimum absolute atomic E-state index is 0.0459. The van der Waals surface area contributed by atoms with Gasteiger partial charge in [-0.3, -0.25) is 4.79 Å². The molecule has 1 N–H and O–H groups in total. The van der Waals surface area contributed by atoms with Crippen molar-refractivity contribution in [1.29, 1.82) is 0 Å². The molecule has 0 atom stereocenters. The van der Waals surface area contributed by atoms with Gasteiger partial charge in [-0.1, -0.05) is 35.9 Å². The summed E-state index contributed by atoms with van der Waals surface area (Å²) < 4.78 is 39.5. The standard InChI is InChI=1S/C20H21FN2O3S/c1-15-2-4-16(5-3-15)14-22-20(24)17-10-12-23(13-11-17)27(25,26)19-8-6-18(21)7-9-19/h2-10H,11-14H2,1H3,(H,22,24). The van der Waals surface area contributed by atoms with E-state index >= 15 is 0 Å². The molecule has 2 aromatic carbocycles. The number of halogens is 1. The quantitative estimate of drug-likeness (QED) is 0.857. The monoisotopic (exact) mass is 388 g/mol. The van der Waals surface area contributed by atoms with Crippen molar-refractivity contribution in [2.75, 3.05) is 13.1 Å². The van der Waals surface area contributed by atoms with Crippen molar-refractivity contribution in [3.8, 4) is 0 Å². The molecule has 0 spiro atoms. The first-order chi connectivity index (χ1) is 12.9. The minimum Gasteiger partial charge on any atom is -0.348 e. The summed E-state index contributed by atoms with van der Waals surface area (Å²) >= 11 is 0. The Morgan fingerprint density at radius 1 is 1.11 bits per heavy atom. The number of hydrogen-bond donors (Lipinski definition) is 1. The summed E-state index contributed by atoms with van der Waals surface area (Å²) in [6.07, 6.45) is 1.97. The Labute approximate surface area is 158 Å². The highest BCUT2D eigenvalue weighted by Gasteiger charge is 2.27. The normalized spacial score (nSPS) is 15.3. The van der Waals surface area contributed by atoms with Gasteiger partial charge < -0.3 is 5.32 Å². The summed E-state index contributed by atoms with van der Waals surface area (Å²) in [6, 6.07) is 12.6. The van der Waals surface area contributed by atoms with E-state index in [4.69, 9.17) is 0 Å². The molecule has 0 bridgehead atoms. The molecule has 2 aromatic rings. The number of rotatable bonds is 5. The maximum Gasteiger partial charge on any atom is 0.247 e. The van der Waals surface area contributed by atoms with Gasteiger partial charge in [0.05, 0.1) is 4.90 Å². The Kier molecular flexibility index (Phi) is 5.72. The maximum absolute atomic E-state index is 13.0. The van der Waals surface area contributed by atoms with E-state index in [-0.39, 0.29) is 23.9 Å². The van der Waals surface area contributed by atoms with Crippen LogP contribution in [0.1, 0.15) is 17.5 Å². The lowest BCUT2D eigenvalue weighted by molar-refractivity contribution is -0.117. The number of aryl methyl sites for hydroxylation is 1. The van der Waals surface area contributed by atoms with Crippen LogP contribution in [-0.4, -0.2) is 31.7 Å². The summed E-state index contributed by atoms with van der Waals surface area (Å²) in [6.45, 7) is 2.76. The Hall–Kier alpha value is -2.51. The molecule has 0 fully saturated rings. The van der Waals surface area contributed by atoms with Gasteiger partial charge in [-0.15, -0.1) is 0 Å². The molecule has 7 heteroatoms. The van der Waals surface area contributed by atoms with Gasteiger partial charge in [-0.05, 0) is 43.2 Å². The summed E-state index contributed by atoms with van der Waals surface area (Å²) in [5, 5.41) is 2.86. The van der Waals surface area contributed by atoms with Gasteiger partial charge in [0.15, 0.2) is 0 Å². The number of carbonyl (C=O) groups excluding carboxylic acids is 1. The predicted octanol–water partition coefficient (Wildman–Crippen LogP) is 2.77. The Bertz CT molecular complexity index is 952. The van der Waals surface area contributed by atoms with Crippen LogP contribution in [0.25, 0.3) is 0 Å². The second-order valence-corrected chi connectivity index (χ2v) is 8.40. The first-order valence-electron chi connectivity index (χ1n) is 8.65. The summed E-state index contributed by atoms with van der Waals surface area (Å²) in [7, 11) is -3.70. The molecule has 5 nitrogen and oxygen atoms in total. The number of amides is 1. The lowest BCUT2D eigenvalue weighted by Crippen LogP contribution is -2.37. The molecular formula is C20H21FN2O3S. The van der Waals surface area contributed by atoms with Crippen molar-refractivity contribution in [2.45, 2.75) is 24.8 Å². The topological polar surface area (TPSA) is 66.5 Å². The molecule has 27 heavy (non-hydrogen) atoms. The van der Waals surface area contributed by atoms with Crippen LogP contribution in [0.15, 0.2) is 65.1 Å². The number of benzene rings is 2. The van der Waals surface area contributed by atoms with Crippen molar-refractivity contribution >= 4 is 15.9 Å². The van der Waals surface area contributed by atoms with Crippen LogP contribution >= 0.6 is 0 Å². The molecule has 3 rings (SSSR count). The smallest absolute Gasteiger partial charge is 0.247 e. The first kappa shape index (κ1) is 19.3. The second kappa shape index (κ2) is 8.02. The van der Waals surface area contributed by atoms with E-state index in [1.165, 1.54) is 16.4 Å². The van der Waals surface area contributed by atoms with Gasteiger partial charge in [-0.25, -0.2) is 12.8 Å². The van der Waals surface area contributed by atoms with Crippen LogP contribution in [0, 0.1) is 12.7 Å². The Balaban J connectivity index is 1.61. The summed E-state index contributed by atoms with van der Waals surface area (Å²) in [4.78, 5) is 12.4. The molecule has 0 aromatic heterocycles. The van der Waals surface area contributed by atoms with E-state index in [0.717, 1.165) is 23.3 Å². The number of hydrogen-bond acceptors (Lipinski definition) is 3. The Morgan fingerprint density at radius 2 is 1.78 bits per heavy atom. The average Bonchev–Trinajstić information content (AvgIpc) is 2.68. The van der Waals surface area contributed by atoms with E-state index in [0.29, 0.717) is 18.5 Å². The van der Waals surface area contributed by atoms with Crippen molar-refractivity contribution in [3.63, 3.8) is 0 Å². The average molecular weight is 388 g/mol. The lowest BCUT2D eigenvalue weighted by Gasteiger charge is -2.25. The van der Waals surface area contributed by atoms with Crippen LogP contribution < -0.4 is 5.32 Å². The molecule has 0 unspecified atom stereocenters. The van der Waals surface area contributed by atoms with E-state index in [1.807, 2.05) is 31.2 Å². The van der Waals surface area contributed by atoms with Crippen LogP contribution in [0.3, 0.4) is 0 Å². The molecule has 0 saturated carbocycles. The summed E-state index contributed by atoms with van der Waals surface area (Å²) in [5.74, 6) is -0.672. The zero-order valence-corrected chi connectivity index (χ0v) is 15.8. The van der Waals surface area contributed by atoms with Crippen LogP contribution in [0.2, 0.25) is 0 Å². The lowest BCUT2D eigenvalue weighted by atomic mass is 10.1. The minimum atomic E-state index is -3.70. The number of nitrogens with one attached hydrogen (secondary N) is 1. The van der Waals surface area contributed by atoms with Crippen molar-refractivity contribution in [3.05, 3.63) is 77.1 Å². The van der Waals surface area contributed by atoms with Gasteiger partial charge in [-0.2, -0.15) is 4.31 Å². The van der Waals surface area contributed by atoms with Gasteiger partial charge in [0.25, 0.3) is 0 Å². The third kappa shape index (κ3) is 4.61. The second-order valence-electron chi connectivity index (χ2n) is 6.46. The zero-order chi connectivity index (χ0) is 19.4. The maximum atomic E-state index is 13.0. The molecule has 0 radical (unpaired) electrons. The fraction of sp³-hybridized carbons (Fsp3) is 0.250. The van der Waals surface area contributed by atoms with Gasteiger partial charge in [0.1, 0.15) is 5.82 Å². The highest BCUT2D eigenvalue weighted by molar-refractivity contribution is 7.89. The molecule has 142 valence electrons. The largest absolute Gasteiger partial charge is 0.348 e. The highest BCUT2D eigenvalue weighted by Crippen LogP contribution is 2.21. The molecular weight excluding hydrogens is 367 g/mol. The van der Waals surface area contributed by atoms with Crippen LogP contribution in [-0.2, 0) is 21.4 Å². The predicted molar refractivity (Wildman–Crippen MR) is 101 cm³/mol. The fourth-order valence-corrected chi connectivity index (χ4v) is 4.21. The summed E-state index contributed by atoms with van der Waals surface area (Å²) in [5.41, 5.74) is 2.74. The van der Waals surface area contributed by atoms with E-state index in [1.54, 1.807) is 6.08 Å². The van der Waals surface area contributed by atoms with Gasteiger partial charge >= 0.3 is 0 Å². The molecule has 1 aliphatic rings. The van der Waals surface area contributed by atoms with E-state index in [9.17, 15) is 17.6 Å². The first-order valence-corrected chi connectivity index (χ1v) is 10.1. The molecule has 0 aliphatic carbocycles. The van der Waals surface area contributed by atoms with Gasteiger partial charge in [0, 0.05) is 25.2 Å². The van der Waals surface area contributed by atoms with Crippen molar-refractivity contribution < 1.29 is 17.6 Å². The third-order valence-corrected chi connectivity index (χ3v) is 6.37. The van der Waals surface area contributed by atoms with Crippen molar-refractivity contribution in [2.24, 2.45) is 0 Å². The highest BCUT2D eigenvalue weighted by atomic mass is 32.2. The number of carbonyl (C=O) groups is 1. The van der Waals surface area contributed by atoms with E-state index in [2.05, 4.69) is 5.32 Å². The van der Waals surface area contributed by atoms with Crippen LogP contribution in [0.4, 0.5) is 4.39 Å². The molecule has 1 heterocycles. The van der Waals surface area contributed by atoms with Gasteiger partial charge in [0.2, 0.25) is 15.9 Å². The zero-order valence-electron chi connectivity index (χ0n) is 15.0. The third-order valence-electron chi connectivity index (χ3n) is 4.49. The molecule has 1 aliphatic heterocycles. The Morgan fingerprint density at radius 3 is 2.37 bits per heavy atom.